The largest absolute Gasteiger partial charge is 0.352 e. The average molecular weight is 366 g/mol. The Morgan fingerprint density at radius 2 is 2.29 bits per heavy atom. The minimum atomic E-state index is 0.00189. The van der Waals surface area contributed by atoms with Gasteiger partial charge in [-0.15, -0.1) is 11.6 Å². The minimum Gasteiger partial charge on any atom is -0.352 e. The molecule has 0 saturated carbocycles. The highest BCUT2D eigenvalue weighted by Crippen LogP contribution is 2.08. The first-order valence-corrected chi connectivity index (χ1v) is 7.34. The number of benzene rings is 1. The van der Waals surface area contributed by atoms with E-state index >= 15 is 0 Å². The monoisotopic (exact) mass is 365 g/mol. The van der Waals surface area contributed by atoms with E-state index in [1.165, 1.54) is 0 Å². The van der Waals surface area contributed by atoms with Gasteiger partial charge in [0.2, 0.25) is 0 Å². The number of hydrogen-bond acceptors (Lipinski definition) is 1. The number of alkyl halides is 1. The van der Waals surface area contributed by atoms with Crippen LogP contribution in [0, 0.1) is 9.49 Å². The molecule has 0 fully saturated rings. The normalized spacial score (nSPS) is 12.2. The molecule has 1 unspecified atom stereocenters. The first kappa shape index (κ1) is 14.8. The van der Waals surface area contributed by atoms with Crippen LogP contribution in [-0.2, 0) is 0 Å². The fraction of sp³-hybridized carbons (Fsp3) is 0.462. The van der Waals surface area contributed by atoms with Crippen molar-refractivity contribution in [3.8, 4) is 0 Å². The van der Waals surface area contributed by atoms with Gasteiger partial charge in [-0.05, 0) is 59.5 Å². The quantitative estimate of drug-likeness (QED) is 0.465. The van der Waals surface area contributed by atoms with E-state index in [0.29, 0.717) is 18.3 Å². The third kappa shape index (κ3) is 5.73. The van der Waals surface area contributed by atoms with E-state index in [1.54, 1.807) is 0 Å². The predicted octanol–water partition coefficient (Wildman–Crippen LogP) is 3.68. The molecule has 1 atom stereocenters. The minimum absolute atomic E-state index is 0.00189. The van der Waals surface area contributed by atoms with Gasteiger partial charge < -0.3 is 5.32 Å². The molecule has 1 aromatic carbocycles. The third-order valence-corrected chi connectivity index (χ3v) is 3.71. The Hall–Kier alpha value is -0.290. The lowest BCUT2D eigenvalue weighted by Gasteiger charge is -2.08. The molecule has 2 nitrogen and oxygen atoms in total. The van der Waals surface area contributed by atoms with Gasteiger partial charge in [0.25, 0.3) is 5.91 Å². The summed E-state index contributed by atoms with van der Waals surface area (Å²) in [6.07, 6.45) is 2.03. The zero-order valence-electron chi connectivity index (χ0n) is 9.88. The molecule has 17 heavy (non-hydrogen) atoms. The summed E-state index contributed by atoms with van der Waals surface area (Å²) in [5.41, 5.74) is 0.724. The molecule has 0 heterocycles. The Labute approximate surface area is 121 Å². The van der Waals surface area contributed by atoms with Crippen LogP contribution in [0.4, 0.5) is 0 Å². The predicted molar refractivity (Wildman–Crippen MR) is 80.6 cm³/mol. The van der Waals surface area contributed by atoms with Crippen molar-refractivity contribution in [3.05, 3.63) is 33.4 Å². The van der Waals surface area contributed by atoms with Crippen LogP contribution in [0.25, 0.3) is 0 Å². The molecule has 1 amide bonds. The van der Waals surface area contributed by atoms with E-state index in [2.05, 4.69) is 34.8 Å². The first-order valence-electron chi connectivity index (χ1n) is 5.73. The summed E-state index contributed by atoms with van der Waals surface area (Å²) < 4.78 is 1.08. The van der Waals surface area contributed by atoms with Crippen LogP contribution in [0.1, 0.15) is 30.1 Å². The Morgan fingerprint density at radius 3 is 2.94 bits per heavy atom. The van der Waals surface area contributed by atoms with Gasteiger partial charge >= 0.3 is 0 Å². The Bertz CT molecular complexity index is 370. The van der Waals surface area contributed by atoms with Crippen molar-refractivity contribution in [3.63, 3.8) is 0 Å². The van der Waals surface area contributed by atoms with E-state index in [-0.39, 0.29) is 5.91 Å². The standard InChI is InChI=1S/C13H17ClINO/c1-10(9-14)4-3-7-16-13(17)11-5-2-6-12(15)8-11/h2,5-6,8,10H,3-4,7,9H2,1H3,(H,16,17). The van der Waals surface area contributed by atoms with Crippen LogP contribution in [0.15, 0.2) is 24.3 Å². The number of nitrogens with one attached hydrogen (secondary N) is 1. The first-order chi connectivity index (χ1) is 8.13. The number of rotatable bonds is 6. The van der Waals surface area contributed by atoms with Gasteiger partial charge in [0.15, 0.2) is 0 Å². The zero-order chi connectivity index (χ0) is 12.7. The second-order valence-electron chi connectivity index (χ2n) is 4.17. The molecule has 94 valence electrons. The molecule has 0 radical (unpaired) electrons. The molecule has 4 heteroatoms. The van der Waals surface area contributed by atoms with E-state index in [4.69, 9.17) is 11.6 Å². The molecule has 1 N–H and O–H groups in total. The van der Waals surface area contributed by atoms with Crippen LogP contribution in [0.2, 0.25) is 0 Å². The van der Waals surface area contributed by atoms with Gasteiger partial charge in [0, 0.05) is 21.6 Å². The number of carbonyl (C=O) groups is 1. The summed E-state index contributed by atoms with van der Waals surface area (Å²) in [5.74, 6) is 1.21. The highest BCUT2D eigenvalue weighted by Gasteiger charge is 2.05. The maximum atomic E-state index is 11.8. The number of amides is 1. The van der Waals surface area contributed by atoms with Crippen molar-refractivity contribution in [1.29, 1.82) is 0 Å². The molecule has 0 saturated heterocycles. The summed E-state index contributed by atoms with van der Waals surface area (Å²) in [5, 5.41) is 2.92. The van der Waals surface area contributed by atoms with E-state index in [9.17, 15) is 4.79 Å². The van der Waals surface area contributed by atoms with Crippen molar-refractivity contribution >= 4 is 40.1 Å². The van der Waals surface area contributed by atoms with E-state index in [1.807, 2.05) is 24.3 Å². The van der Waals surface area contributed by atoms with Gasteiger partial charge in [0.1, 0.15) is 0 Å². The lowest BCUT2D eigenvalue weighted by molar-refractivity contribution is 0.0952. The van der Waals surface area contributed by atoms with Crippen molar-refractivity contribution in [1.82, 2.24) is 5.32 Å². The molecule has 1 rings (SSSR count). The zero-order valence-corrected chi connectivity index (χ0v) is 12.8. The van der Waals surface area contributed by atoms with Crippen LogP contribution in [0.5, 0.6) is 0 Å². The van der Waals surface area contributed by atoms with E-state index in [0.717, 1.165) is 22.0 Å². The van der Waals surface area contributed by atoms with Gasteiger partial charge in [-0.2, -0.15) is 0 Å². The molecular formula is C13H17ClINO. The van der Waals surface area contributed by atoms with Crippen LogP contribution in [0.3, 0.4) is 0 Å². The average Bonchev–Trinajstić information content (AvgIpc) is 2.34. The molecule has 0 aliphatic carbocycles. The second kappa shape index (κ2) is 7.93. The molecule has 0 aliphatic rings. The molecule has 1 aromatic rings. The highest BCUT2D eigenvalue weighted by molar-refractivity contribution is 14.1. The van der Waals surface area contributed by atoms with Crippen molar-refractivity contribution in [2.24, 2.45) is 5.92 Å². The van der Waals surface area contributed by atoms with Gasteiger partial charge in [-0.1, -0.05) is 13.0 Å². The van der Waals surface area contributed by atoms with Crippen LogP contribution in [-0.4, -0.2) is 18.3 Å². The van der Waals surface area contributed by atoms with Crippen molar-refractivity contribution < 1.29 is 4.79 Å². The summed E-state index contributed by atoms with van der Waals surface area (Å²) in [7, 11) is 0. The van der Waals surface area contributed by atoms with Crippen molar-refractivity contribution in [2.75, 3.05) is 12.4 Å². The third-order valence-electron chi connectivity index (χ3n) is 2.51. The fourth-order valence-corrected chi connectivity index (χ4v) is 2.16. The molecule has 0 aliphatic heterocycles. The van der Waals surface area contributed by atoms with E-state index < -0.39 is 0 Å². The smallest absolute Gasteiger partial charge is 0.251 e. The van der Waals surface area contributed by atoms with Crippen LogP contribution >= 0.6 is 34.2 Å². The lowest BCUT2D eigenvalue weighted by atomic mass is 10.1. The number of hydrogen-bond donors (Lipinski definition) is 1. The summed E-state index contributed by atoms with van der Waals surface area (Å²) in [6.45, 7) is 2.83. The Balaban J connectivity index is 2.30. The van der Waals surface area contributed by atoms with Crippen molar-refractivity contribution in [2.45, 2.75) is 19.8 Å². The highest BCUT2D eigenvalue weighted by atomic mass is 127. The summed E-state index contributed by atoms with van der Waals surface area (Å²) in [6, 6.07) is 7.59. The summed E-state index contributed by atoms with van der Waals surface area (Å²) in [4.78, 5) is 11.8. The molecule has 0 aromatic heterocycles. The SMILES string of the molecule is CC(CCl)CCCNC(=O)c1cccc(I)c1. The molecule has 0 spiro atoms. The van der Waals surface area contributed by atoms with Gasteiger partial charge in [0.05, 0.1) is 0 Å². The maximum absolute atomic E-state index is 11.8. The lowest BCUT2D eigenvalue weighted by Crippen LogP contribution is -2.24. The fourth-order valence-electron chi connectivity index (χ4n) is 1.46. The van der Waals surface area contributed by atoms with Gasteiger partial charge in [-0.3, -0.25) is 4.79 Å². The topological polar surface area (TPSA) is 29.1 Å². The Morgan fingerprint density at radius 1 is 1.53 bits per heavy atom. The molecule has 0 bridgehead atoms. The second-order valence-corrected chi connectivity index (χ2v) is 5.72. The number of carbonyl (C=O) groups excluding carboxylic acids is 1. The number of halogens is 2. The summed E-state index contributed by atoms with van der Waals surface area (Å²) >= 11 is 7.92. The molecular weight excluding hydrogens is 349 g/mol. The van der Waals surface area contributed by atoms with Gasteiger partial charge in [-0.25, -0.2) is 0 Å². The Kier molecular flexibility index (Phi) is 6.89. The maximum Gasteiger partial charge on any atom is 0.251 e. The van der Waals surface area contributed by atoms with Crippen LogP contribution < -0.4 is 5.32 Å².